The molecule has 4 nitrogen and oxygen atoms in total. The highest BCUT2D eigenvalue weighted by Gasteiger charge is 1.60. The molecule has 0 saturated heterocycles. The normalized spacial score (nSPS) is 8.00. The molecule has 0 spiro atoms. The number of aromatic nitrogens is 3. The summed E-state index contributed by atoms with van der Waals surface area (Å²) in [6.45, 7) is 0. The Labute approximate surface area is 57.9 Å². The Bertz CT molecular complexity index is 152. The quantitative estimate of drug-likeness (QED) is 0.591. The number of rotatable bonds is 0. The van der Waals surface area contributed by atoms with Gasteiger partial charge in [0.25, 0.3) is 0 Å². The fourth-order valence-corrected chi connectivity index (χ4v) is 0.414. The summed E-state index contributed by atoms with van der Waals surface area (Å²) in [5, 5.41) is 6.61. The highest BCUT2D eigenvalue weighted by Crippen LogP contribution is 1.72. The number of H-pyrrole nitrogens is 1. The number of hydrogen-bond donors (Lipinski definition) is 1. The van der Waals surface area contributed by atoms with E-state index in [1.165, 1.54) is 12.8 Å². The monoisotopic (exact) mass is 137 g/mol. The summed E-state index contributed by atoms with van der Waals surface area (Å²) in [5.41, 5.74) is 0. The third kappa shape index (κ3) is 2.66. The van der Waals surface area contributed by atoms with Crippen LogP contribution in [0.4, 0.5) is 0 Å². The molecule has 0 aromatic carbocycles. The largest absolute Gasteiger partial charge is 0.431 e. The zero-order valence-electron chi connectivity index (χ0n) is 5.27. The second kappa shape index (κ2) is 4.31. The molecule has 0 aliphatic heterocycles. The molecule has 0 bridgehead atoms. The Balaban J connectivity index is 0.0000001000. The molecule has 10 heavy (non-hydrogen) atoms. The minimum Gasteiger partial charge on any atom is -0.431 e. The van der Waals surface area contributed by atoms with Crippen LogP contribution in [0.25, 0.3) is 0 Å². The van der Waals surface area contributed by atoms with Gasteiger partial charge < -0.3 is 9.40 Å². The molecule has 0 aliphatic rings. The number of hydrogen-bond acceptors (Lipinski definition) is 3. The van der Waals surface area contributed by atoms with Gasteiger partial charge in [0.15, 0.2) is 0 Å². The van der Waals surface area contributed by atoms with E-state index in [0.717, 1.165) is 0 Å². The van der Waals surface area contributed by atoms with Crippen molar-refractivity contribution in [1.82, 2.24) is 15.2 Å². The SMILES string of the molecule is c1cc[nH]c1.c1nnco1. The van der Waals surface area contributed by atoms with Crippen LogP contribution in [0.1, 0.15) is 0 Å². The smallest absolute Gasteiger partial charge is 0.203 e. The number of nitrogens with zero attached hydrogens (tertiary/aromatic N) is 2. The van der Waals surface area contributed by atoms with E-state index in [4.69, 9.17) is 0 Å². The van der Waals surface area contributed by atoms with Crippen molar-refractivity contribution in [3.8, 4) is 0 Å². The van der Waals surface area contributed by atoms with Gasteiger partial charge >= 0.3 is 0 Å². The molecule has 2 rings (SSSR count). The molecule has 4 heteroatoms. The van der Waals surface area contributed by atoms with Gasteiger partial charge in [-0.25, -0.2) is 0 Å². The second-order valence-corrected chi connectivity index (χ2v) is 1.46. The third-order valence-corrected chi connectivity index (χ3v) is 0.779. The van der Waals surface area contributed by atoms with E-state index < -0.39 is 0 Å². The summed E-state index contributed by atoms with van der Waals surface area (Å²) in [7, 11) is 0. The number of nitrogens with one attached hydrogen (secondary N) is 1. The van der Waals surface area contributed by atoms with Gasteiger partial charge in [0.2, 0.25) is 12.8 Å². The van der Waals surface area contributed by atoms with E-state index in [1.54, 1.807) is 0 Å². The zero-order chi connectivity index (χ0) is 7.07. The predicted octanol–water partition coefficient (Wildman–Crippen LogP) is 1.08. The lowest BCUT2D eigenvalue weighted by Gasteiger charge is -1.49. The van der Waals surface area contributed by atoms with E-state index >= 15 is 0 Å². The summed E-state index contributed by atoms with van der Waals surface area (Å²) >= 11 is 0. The van der Waals surface area contributed by atoms with Crippen LogP contribution in [0.3, 0.4) is 0 Å². The molecule has 0 saturated carbocycles. The first-order valence-corrected chi connectivity index (χ1v) is 2.77. The lowest BCUT2D eigenvalue weighted by molar-refractivity contribution is 0.553. The summed E-state index contributed by atoms with van der Waals surface area (Å²) < 4.78 is 4.36. The summed E-state index contributed by atoms with van der Waals surface area (Å²) in [5.74, 6) is 0. The van der Waals surface area contributed by atoms with Crippen LogP contribution >= 0.6 is 0 Å². The van der Waals surface area contributed by atoms with Crippen molar-refractivity contribution in [2.24, 2.45) is 0 Å². The molecule has 0 fully saturated rings. The predicted molar refractivity (Wildman–Crippen MR) is 35.1 cm³/mol. The molecule has 0 atom stereocenters. The van der Waals surface area contributed by atoms with Crippen molar-refractivity contribution < 1.29 is 4.42 Å². The van der Waals surface area contributed by atoms with Crippen LogP contribution in [0.15, 0.2) is 41.7 Å². The van der Waals surface area contributed by atoms with Gasteiger partial charge in [-0.2, -0.15) is 0 Å². The van der Waals surface area contributed by atoms with Crippen molar-refractivity contribution in [2.45, 2.75) is 0 Å². The van der Waals surface area contributed by atoms with E-state index in [0.29, 0.717) is 0 Å². The van der Waals surface area contributed by atoms with Crippen molar-refractivity contribution >= 4 is 0 Å². The van der Waals surface area contributed by atoms with E-state index in [-0.39, 0.29) is 0 Å². The minimum absolute atomic E-state index is 1.26. The van der Waals surface area contributed by atoms with Gasteiger partial charge in [0.05, 0.1) is 0 Å². The molecule has 1 N–H and O–H groups in total. The van der Waals surface area contributed by atoms with Gasteiger partial charge in [-0.1, -0.05) is 0 Å². The topological polar surface area (TPSA) is 54.7 Å². The maximum Gasteiger partial charge on any atom is 0.203 e. The van der Waals surface area contributed by atoms with Crippen molar-refractivity contribution in [2.75, 3.05) is 0 Å². The van der Waals surface area contributed by atoms with Crippen LogP contribution in [0, 0.1) is 0 Å². The molecule has 52 valence electrons. The van der Waals surface area contributed by atoms with E-state index in [2.05, 4.69) is 19.6 Å². The molecule has 2 aromatic rings. The van der Waals surface area contributed by atoms with Gasteiger partial charge in [-0.15, -0.1) is 10.2 Å². The standard InChI is InChI=1S/C4H5N.C2H2N2O/c1-2-4-5-3-1;1-3-4-2-5-1/h1-5H;1-2H. The van der Waals surface area contributed by atoms with Crippen molar-refractivity contribution in [3.05, 3.63) is 37.3 Å². The van der Waals surface area contributed by atoms with Crippen LogP contribution < -0.4 is 0 Å². The Kier molecular flexibility index (Phi) is 2.82. The van der Waals surface area contributed by atoms with E-state index in [9.17, 15) is 0 Å². The average Bonchev–Trinajstić information content (AvgIpc) is 2.67. The maximum atomic E-state index is 4.36. The Hall–Kier alpha value is -1.58. The Morgan fingerprint density at radius 3 is 1.80 bits per heavy atom. The first-order valence-electron chi connectivity index (χ1n) is 2.77. The summed E-state index contributed by atoms with van der Waals surface area (Å²) in [6, 6.07) is 3.89. The summed E-state index contributed by atoms with van der Waals surface area (Å²) in [6.07, 6.45) is 6.28. The fourth-order valence-electron chi connectivity index (χ4n) is 0.414. The molecule has 0 unspecified atom stereocenters. The number of aromatic amines is 1. The molecule has 0 radical (unpaired) electrons. The molecule has 2 aromatic heterocycles. The zero-order valence-corrected chi connectivity index (χ0v) is 5.27. The first kappa shape index (κ1) is 6.54. The highest BCUT2D eigenvalue weighted by atomic mass is 16.3. The van der Waals surface area contributed by atoms with Gasteiger partial charge in [0, 0.05) is 12.4 Å². The van der Waals surface area contributed by atoms with Gasteiger partial charge in [-0.3, -0.25) is 0 Å². The molecule has 0 amide bonds. The van der Waals surface area contributed by atoms with Crippen LogP contribution in [0.2, 0.25) is 0 Å². The maximum absolute atomic E-state index is 4.36. The lowest BCUT2D eigenvalue weighted by Crippen LogP contribution is -1.53. The van der Waals surface area contributed by atoms with Crippen LogP contribution in [-0.4, -0.2) is 15.2 Å². The Morgan fingerprint density at radius 1 is 1.00 bits per heavy atom. The fraction of sp³-hybridized carbons (Fsp3) is 0. The first-order chi connectivity index (χ1) is 5.00. The van der Waals surface area contributed by atoms with Gasteiger partial charge in [0.1, 0.15) is 0 Å². The minimum atomic E-state index is 1.26. The van der Waals surface area contributed by atoms with E-state index in [1.807, 2.05) is 24.5 Å². The second-order valence-electron chi connectivity index (χ2n) is 1.46. The average molecular weight is 137 g/mol. The molecule has 2 heterocycles. The molecular formula is C6H7N3O. The molecular weight excluding hydrogens is 130 g/mol. The van der Waals surface area contributed by atoms with Gasteiger partial charge in [-0.05, 0) is 12.1 Å². The molecule has 0 aliphatic carbocycles. The lowest BCUT2D eigenvalue weighted by atomic mass is 10.7. The van der Waals surface area contributed by atoms with Crippen LogP contribution in [-0.2, 0) is 0 Å². The van der Waals surface area contributed by atoms with Crippen molar-refractivity contribution in [1.29, 1.82) is 0 Å². The Morgan fingerprint density at radius 2 is 1.60 bits per heavy atom. The van der Waals surface area contributed by atoms with Crippen LogP contribution in [0.5, 0.6) is 0 Å². The summed E-state index contributed by atoms with van der Waals surface area (Å²) in [4.78, 5) is 2.86. The van der Waals surface area contributed by atoms with Crippen molar-refractivity contribution in [3.63, 3.8) is 0 Å². The third-order valence-electron chi connectivity index (χ3n) is 0.779. The highest BCUT2D eigenvalue weighted by molar-refractivity contribution is 4.84.